The number of benzene rings is 1. The summed E-state index contributed by atoms with van der Waals surface area (Å²) in [6.07, 6.45) is 3.94. The first-order valence-corrected chi connectivity index (χ1v) is 10.9. The van der Waals surface area contributed by atoms with E-state index in [1.54, 1.807) is 0 Å². The van der Waals surface area contributed by atoms with Gasteiger partial charge in [-0.05, 0) is 47.9 Å². The van der Waals surface area contributed by atoms with Crippen LogP contribution in [0.25, 0.3) is 0 Å². The third-order valence-corrected chi connectivity index (χ3v) is 5.34. The van der Waals surface area contributed by atoms with E-state index in [2.05, 4.69) is 13.8 Å². The Morgan fingerprint density at radius 1 is 0.818 bits per heavy atom. The fourth-order valence-electron chi connectivity index (χ4n) is 3.89. The van der Waals surface area contributed by atoms with E-state index in [0.29, 0.717) is 30.7 Å². The number of ether oxygens (including phenoxy) is 3. The molecule has 8 heteroatoms. The Balaban J connectivity index is 1.84. The van der Waals surface area contributed by atoms with Gasteiger partial charge in [-0.15, -0.1) is 0 Å². The second kappa shape index (κ2) is 11.2. The number of esters is 2. The van der Waals surface area contributed by atoms with Crippen molar-refractivity contribution < 1.29 is 33.4 Å². The van der Waals surface area contributed by atoms with Crippen LogP contribution in [0.1, 0.15) is 61.3 Å². The first-order valence-electron chi connectivity index (χ1n) is 10.9. The van der Waals surface area contributed by atoms with Crippen molar-refractivity contribution in [3.63, 3.8) is 0 Å². The van der Waals surface area contributed by atoms with Crippen molar-refractivity contribution in [2.45, 2.75) is 40.5 Å². The SMILES string of the molecule is COCCOC(=O)c1ccc(C(=O)OCC(C)(C)CC(C)(C)CCN2C(=O)C=CC2=O)cc1. The van der Waals surface area contributed by atoms with Gasteiger partial charge in [0.1, 0.15) is 6.61 Å². The molecule has 0 fully saturated rings. The predicted molar refractivity (Wildman–Crippen MR) is 122 cm³/mol. The maximum Gasteiger partial charge on any atom is 0.338 e. The summed E-state index contributed by atoms with van der Waals surface area (Å²) in [5.74, 6) is -1.51. The second-order valence-corrected chi connectivity index (χ2v) is 9.70. The number of methoxy groups -OCH3 is 1. The van der Waals surface area contributed by atoms with Gasteiger partial charge in [0.15, 0.2) is 0 Å². The van der Waals surface area contributed by atoms with E-state index < -0.39 is 11.9 Å². The third kappa shape index (κ3) is 8.13. The summed E-state index contributed by atoms with van der Waals surface area (Å²) < 4.78 is 15.4. The van der Waals surface area contributed by atoms with Crippen molar-refractivity contribution in [1.82, 2.24) is 4.90 Å². The Hall–Kier alpha value is -3.00. The Morgan fingerprint density at radius 3 is 1.85 bits per heavy atom. The minimum atomic E-state index is -0.483. The van der Waals surface area contributed by atoms with E-state index in [4.69, 9.17) is 14.2 Å². The second-order valence-electron chi connectivity index (χ2n) is 9.70. The van der Waals surface area contributed by atoms with Gasteiger partial charge in [0, 0.05) is 25.8 Å². The monoisotopic (exact) mass is 459 g/mol. The molecule has 2 amide bonds. The van der Waals surface area contributed by atoms with Crippen LogP contribution in [0.2, 0.25) is 0 Å². The first kappa shape index (κ1) is 26.3. The highest BCUT2D eigenvalue weighted by Gasteiger charge is 2.32. The lowest BCUT2D eigenvalue weighted by atomic mass is 9.73. The van der Waals surface area contributed by atoms with E-state index in [1.807, 2.05) is 13.8 Å². The summed E-state index contributed by atoms with van der Waals surface area (Å²) >= 11 is 0. The summed E-state index contributed by atoms with van der Waals surface area (Å²) in [7, 11) is 1.52. The molecule has 1 aromatic rings. The Labute approximate surface area is 194 Å². The molecule has 0 saturated heterocycles. The molecule has 2 rings (SSSR count). The average Bonchev–Trinajstić information content (AvgIpc) is 3.07. The van der Waals surface area contributed by atoms with Gasteiger partial charge in [-0.3, -0.25) is 14.5 Å². The fraction of sp³-hybridized carbons (Fsp3) is 0.520. The summed E-state index contributed by atoms with van der Waals surface area (Å²) in [4.78, 5) is 49.1. The molecule has 8 nitrogen and oxygen atoms in total. The van der Waals surface area contributed by atoms with Crippen molar-refractivity contribution in [2.75, 3.05) is 33.5 Å². The molecule has 33 heavy (non-hydrogen) atoms. The van der Waals surface area contributed by atoms with Crippen LogP contribution in [0.5, 0.6) is 0 Å². The molecule has 0 radical (unpaired) electrons. The summed E-state index contributed by atoms with van der Waals surface area (Å²) in [6.45, 7) is 9.19. The molecule has 1 aliphatic heterocycles. The summed E-state index contributed by atoms with van der Waals surface area (Å²) in [5, 5.41) is 0. The molecular formula is C25H33NO7. The van der Waals surface area contributed by atoms with E-state index >= 15 is 0 Å². The number of carbonyl (C=O) groups excluding carboxylic acids is 4. The number of rotatable bonds is 12. The van der Waals surface area contributed by atoms with Gasteiger partial charge in [-0.1, -0.05) is 27.7 Å². The highest BCUT2D eigenvalue weighted by molar-refractivity contribution is 6.12. The lowest BCUT2D eigenvalue weighted by Gasteiger charge is -2.35. The van der Waals surface area contributed by atoms with E-state index in [1.165, 1.54) is 48.4 Å². The van der Waals surface area contributed by atoms with Gasteiger partial charge in [0.05, 0.1) is 24.3 Å². The van der Waals surface area contributed by atoms with Gasteiger partial charge in [0.25, 0.3) is 11.8 Å². The zero-order chi connectivity index (χ0) is 24.6. The molecule has 0 saturated carbocycles. The van der Waals surface area contributed by atoms with Crippen molar-refractivity contribution in [2.24, 2.45) is 10.8 Å². The highest BCUT2D eigenvalue weighted by atomic mass is 16.6. The van der Waals surface area contributed by atoms with Crippen LogP contribution in [0.4, 0.5) is 0 Å². The smallest absolute Gasteiger partial charge is 0.338 e. The largest absolute Gasteiger partial charge is 0.462 e. The molecule has 1 aliphatic rings. The lowest BCUT2D eigenvalue weighted by molar-refractivity contribution is -0.137. The molecule has 0 bridgehead atoms. The van der Waals surface area contributed by atoms with Crippen molar-refractivity contribution in [1.29, 1.82) is 0 Å². The number of nitrogens with zero attached hydrogens (tertiary/aromatic N) is 1. The van der Waals surface area contributed by atoms with Crippen LogP contribution in [0.15, 0.2) is 36.4 Å². The van der Waals surface area contributed by atoms with Gasteiger partial charge in [-0.25, -0.2) is 9.59 Å². The summed E-state index contributed by atoms with van der Waals surface area (Å²) in [5.41, 5.74) is 0.192. The van der Waals surface area contributed by atoms with Crippen LogP contribution in [0.3, 0.4) is 0 Å². The maximum atomic E-state index is 12.5. The van der Waals surface area contributed by atoms with Crippen LogP contribution < -0.4 is 0 Å². The third-order valence-electron chi connectivity index (χ3n) is 5.34. The number of carbonyl (C=O) groups is 4. The maximum absolute atomic E-state index is 12.5. The molecule has 180 valence electrons. The minimum Gasteiger partial charge on any atom is -0.462 e. The van der Waals surface area contributed by atoms with Crippen molar-refractivity contribution in [3.05, 3.63) is 47.5 Å². The fourth-order valence-corrected chi connectivity index (χ4v) is 3.89. The Kier molecular flexibility index (Phi) is 8.93. The molecule has 0 aromatic heterocycles. The van der Waals surface area contributed by atoms with E-state index in [9.17, 15) is 19.2 Å². The molecule has 0 aliphatic carbocycles. The number of amides is 2. The average molecular weight is 460 g/mol. The molecule has 1 heterocycles. The predicted octanol–water partition coefficient (Wildman–Crippen LogP) is 3.40. The molecule has 0 spiro atoms. The summed E-state index contributed by atoms with van der Waals surface area (Å²) in [6, 6.07) is 6.11. The quantitative estimate of drug-likeness (QED) is 0.268. The van der Waals surface area contributed by atoms with Gasteiger partial charge >= 0.3 is 11.9 Å². The molecule has 0 N–H and O–H groups in total. The Bertz CT molecular complexity index is 882. The van der Waals surface area contributed by atoms with Crippen LogP contribution in [0, 0.1) is 10.8 Å². The standard InChI is InChI=1S/C25H33NO7/c1-24(2,12-13-26-20(27)10-11-21(26)28)16-25(3,4)17-33-23(30)19-8-6-18(7-9-19)22(29)32-15-14-31-5/h6-11H,12-17H2,1-5H3. The van der Waals surface area contributed by atoms with Crippen molar-refractivity contribution >= 4 is 23.8 Å². The molecule has 0 unspecified atom stereocenters. The van der Waals surface area contributed by atoms with Gasteiger partial charge in [-0.2, -0.15) is 0 Å². The van der Waals surface area contributed by atoms with E-state index in [0.717, 1.165) is 6.42 Å². The molecular weight excluding hydrogens is 426 g/mol. The zero-order valence-corrected chi connectivity index (χ0v) is 20.0. The first-order chi connectivity index (χ1) is 15.4. The van der Waals surface area contributed by atoms with Crippen LogP contribution in [-0.4, -0.2) is 62.1 Å². The minimum absolute atomic E-state index is 0.159. The lowest BCUT2D eigenvalue weighted by Crippen LogP contribution is -2.35. The zero-order valence-electron chi connectivity index (χ0n) is 20.0. The number of hydrogen-bond donors (Lipinski definition) is 0. The van der Waals surface area contributed by atoms with Gasteiger partial charge < -0.3 is 14.2 Å². The van der Waals surface area contributed by atoms with Crippen LogP contribution in [-0.2, 0) is 23.8 Å². The molecule has 0 atom stereocenters. The van der Waals surface area contributed by atoms with Gasteiger partial charge in [0.2, 0.25) is 0 Å². The number of imide groups is 1. The molecule has 1 aromatic carbocycles. The topological polar surface area (TPSA) is 99.2 Å². The van der Waals surface area contributed by atoms with E-state index in [-0.39, 0.29) is 35.9 Å². The number of hydrogen-bond acceptors (Lipinski definition) is 7. The van der Waals surface area contributed by atoms with Crippen molar-refractivity contribution in [3.8, 4) is 0 Å². The normalized spacial score (nSPS) is 14.0. The Morgan fingerprint density at radius 2 is 1.33 bits per heavy atom. The van der Waals surface area contributed by atoms with Crippen LogP contribution >= 0.6 is 0 Å². The highest BCUT2D eigenvalue weighted by Crippen LogP contribution is 2.37.